The summed E-state index contributed by atoms with van der Waals surface area (Å²) in [4.78, 5) is 11.1. The molecule has 0 amide bonds. The molecule has 0 aliphatic carbocycles. The lowest BCUT2D eigenvalue weighted by Gasteiger charge is -2.32. The number of ether oxygens (including phenoxy) is 1. The van der Waals surface area contributed by atoms with Gasteiger partial charge >= 0.3 is 5.97 Å². The molecule has 0 aromatic heterocycles. The molecule has 2 saturated heterocycles. The Labute approximate surface area is 82.9 Å². The number of aliphatic hydroxyl groups excluding tert-OH is 1. The van der Waals surface area contributed by atoms with E-state index in [4.69, 9.17) is 9.84 Å². The maximum Gasteiger partial charge on any atom is 0.309 e. The van der Waals surface area contributed by atoms with E-state index in [1.165, 1.54) is 0 Å². The maximum atomic E-state index is 11.1. The molecule has 0 saturated carbocycles. The monoisotopic (exact) mass is 200 g/mol. The first-order chi connectivity index (χ1) is 6.43. The van der Waals surface area contributed by atoms with Gasteiger partial charge in [-0.25, -0.2) is 0 Å². The Hall–Kier alpha value is -0.610. The van der Waals surface area contributed by atoms with Crippen molar-refractivity contribution in [2.75, 3.05) is 6.61 Å². The summed E-state index contributed by atoms with van der Waals surface area (Å²) < 4.78 is 5.78. The summed E-state index contributed by atoms with van der Waals surface area (Å²) in [6.45, 7) is 3.64. The average Bonchev–Trinajstić information content (AvgIpc) is 2.49. The zero-order chi connectivity index (χ0) is 10.6. The van der Waals surface area contributed by atoms with Gasteiger partial charge in [-0.1, -0.05) is 0 Å². The third-order valence-corrected chi connectivity index (χ3v) is 3.89. The number of carbonyl (C=O) groups is 1. The van der Waals surface area contributed by atoms with Gasteiger partial charge in [-0.2, -0.15) is 0 Å². The number of carboxylic acids is 1. The predicted molar refractivity (Wildman–Crippen MR) is 48.8 cm³/mol. The summed E-state index contributed by atoms with van der Waals surface area (Å²) in [6, 6.07) is 0. The van der Waals surface area contributed by atoms with Gasteiger partial charge in [-0.15, -0.1) is 0 Å². The van der Waals surface area contributed by atoms with Crippen molar-refractivity contribution in [2.24, 2.45) is 11.8 Å². The quantitative estimate of drug-likeness (QED) is 0.686. The highest BCUT2D eigenvalue weighted by molar-refractivity contribution is 5.73. The van der Waals surface area contributed by atoms with Crippen LogP contribution in [0.5, 0.6) is 0 Å². The molecule has 2 aliphatic rings. The molecular weight excluding hydrogens is 184 g/mol. The third-order valence-electron chi connectivity index (χ3n) is 3.89. The van der Waals surface area contributed by atoms with Crippen LogP contribution in [0, 0.1) is 11.8 Å². The number of hydrogen-bond acceptors (Lipinski definition) is 3. The van der Waals surface area contributed by atoms with Crippen molar-refractivity contribution in [3.05, 3.63) is 0 Å². The number of aliphatic carboxylic acids is 1. The molecule has 0 radical (unpaired) electrons. The minimum atomic E-state index is -0.852. The zero-order valence-electron chi connectivity index (χ0n) is 8.49. The molecule has 2 N–H and O–H groups in total. The van der Waals surface area contributed by atoms with Crippen LogP contribution in [0.15, 0.2) is 0 Å². The molecule has 0 aromatic rings. The van der Waals surface area contributed by atoms with E-state index in [1.807, 2.05) is 13.8 Å². The Morgan fingerprint density at radius 2 is 2.00 bits per heavy atom. The lowest BCUT2D eigenvalue weighted by atomic mass is 9.68. The first-order valence-electron chi connectivity index (χ1n) is 4.97. The molecule has 4 nitrogen and oxygen atoms in total. The van der Waals surface area contributed by atoms with Crippen molar-refractivity contribution in [1.82, 2.24) is 0 Å². The fourth-order valence-corrected chi connectivity index (χ4v) is 3.12. The van der Waals surface area contributed by atoms with Crippen LogP contribution in [0.3, 0.4) is 0 Å². The van der Waals surface area contributed by atoms with Gasteiger partial charge < -0.3 is 14.9 Å². The van der Waals surface area contributed by atoms with Crippen molar-refractivity contribution >= 4 is 5.97 Å². The standard InChI is InChI=1S/C10H16O4/c1-9-3-4-10(2,14-9)7(8(12)13)6(9)5-11/h6-7,11H,3-5H2,1-2H3,(H,12,13). The number of hydrogen-bond donors (Lipinski definition) is 2. The van der Waals surface area contributed by atoms with Crippen LogP contribution in [0.2, 0.25) is 0 Å². The zero-order valence-corrected chi connectivity index (χ0v) is 8.49. The highest BCUT2D eigenvalue weighted by Gasteiger charge is 2.65. The topological polar surface area (TPSA) is 66.8 Å². The Morgan fingerprint density at radius 1 is 1.43 bits per heavy atom. The van der Waals surface area contributed by atoms with Crippen molar-refractivity contribution in [2.45, 2.75) is 37.9 Å². The fraction of sp³-hybridized carbons (Fsp3) is 0.900. The van der Waals surface area contributed by atoms with Gasteiger partial charge in [0.1, 0.15) is 0 Å². The molecule has 4 unspecified atom stereocenters. The smallest absolute Gasteiger partial charge is 0.309 e. The van der Waals surface area contributed by atoms with Crippen molar-refractivity contribution < 1.29 is 19.7 Å². The lowest BCUT2D eigenvalue weighted by Crippen LogP contribution is -2.44. The molecule has 14 heavy (non-hydrogen) atoms. The Bertz CT molecular complexity index is 277. The molecule has 4 atom stereocenters. The molecule has 0 spiro atoms. The van der Waals surface area contributed by atoms with E-state index in [-0.39, 0.29) is 12.5 Å². The molecule has 2 heterocycles. The molecule has 4 heteroatoms. The van der Waals surface area contributed by atoms with Crippen molar-refractivity contribution in [3.63, 3.8) is 0 Å². The van der Waals surface area contributed by atoms with Crippen LogP contribution in [-0.2, 0) is 9.53 Å². The van der Waals surface area contributed by atoms with Crippen LogP contribution in [0.25, 0.3) is 0 Å². The second-order valence-electron chi connectivity index (χ2n) is 4.83. The lowest BCUT2D eigenvalue weighted by molar-refractivity contribution is -0.148. The van der Waals surface area contributed by atoms with E-state index in [9.17, 15) is 9.90 Å². The Kier molecular flexibility index (Phi) is 1.92. The third kappa shape index (κ3) is 1.04. The summed E-state index contributed by atoms with van der Waals surface area (Å²) in [6.07, 6.45) is 1.62. The van der Waals surface area contributed by atoms with Crippen LogP contribution in [-0.4, -0.2) is 34.0 Å². The van der Waals surface area contributed by atoms with Crippen molar-refractivity contribution in [3.8, 4) is 0 Å². The minimum Gasteiger partial charge on any atom is -0.481 e. The molecule has 2 aliphatic heterocycles. The van der Waals surface area contributed by atoms with Crippen LogP contribution >= 0.6 is 0 Å². The second kappa shape index (κ2) is 2.70. The van der Waals surface area contributed by atoms with Gasteiger partial charge in [-0.05, 0) is 26.7 Å². The summed E-state index contributed by atoms with van der Waals surface area (Å²) >= 11 is 0. The highest BCUT2D eigenvalue weighted by atomic mass is 16.5. The largest absolute Gasteiger partial charge is 0.481 e. The summed E-state index contributed by atoms with van der Waals surface area (Å²) in [5.74, 6) is -1.68. The first-order valence-corrected chi connectivity index (χ1v) is 4.97. The van der Waals surface area contributed by atoms with Gasteiger partial charge in [0.05, 0.1) is 17.1 Å². The van der Waals surface area contributed by atoms with Gasteiger partial charge in [0.25, 0.3) is 0 Å². The van der Waals surface area contributed by atoms with E-state index in [1.54, 1.807) is 0 Å². The number of carboxylic acid groups (broad SMARTS) is 1. The second-order valence-corrected chi connectivity index (χ2v) is 4.83. The molecule has 2 fully saturated rings. The van der Waals surface area contributed by atoms with Gasteiger partial charge in [0.2, 0.25) is 0 Å². The van der Waals surface area contributed by atoms with Gasteiger partial charge in [-0.3, -0.25) is 4.79 Å². The van der Waals surface area contributed by atoms with Gasteiger partial charge in [0.15, 0.2) is 0 Å². The van der Waals surface area contributed by atoms with Gasteiger partial charge in [0, 0.05) is 12.5 Å². The highest BCUT2D eigenvalue weighted by Crippen LogP contribution is 2.57. The Morgan fingerprint density at radius 3 is 2.43 bits per heavy atom. The van der Waals surface area contributed by atoms with E-state index >= 15 is 0 Å². The first kappa shape index (κ1) is 9.93. The van der Waals surface area contributed by atoms with E-state index < -0.39 is 23.1 Å². The van der Waals surface area contributed by atoms with Crippen LogP contribution in [0.4, 0.5) is 0 Å². The normalized spacial score (nSPS) is 51.1. The van der Waals surface area contributed by atoms with Crippen LogP contribution < -0.4 is 0 Å². The summed E-state index contributed by atoms with van der Waals surface area (Å²) in [5.41, 5.74) is -1.01. The average molecular weight is 200 g/mol. The van der Waals surface area contributed by atoms with Crippen LogP contribution in [0.1, 0.15) is 26.7 Å². The molecule has 2 bridgehead atoms. The number of fused-ring (bicyclic) bond motifs is 2. The van der Waals surface area contributed by atoms with E-state index in [0.29, 0.717) is 0 Å². The summed E-state index contributed by atoms with van der Waals surface area (Å²) in [7, 11) is 0. The number of rotatable bonds is 2. The fourth-order valence-electron chi connectivity index (χ4n) is 3.12. The molecular formula is C10H16O4. The summed E-state index contributed by atoms with van der Waals surface area (Å²) in [5, 5.41) is 18.4. The van der Waals surface area contributed by atoms with Crippen molar-refractivity contribution in [1.29, 1.82) is 0 Å². The minimum absolute atomic E-state index is 0.108. The molecule has 2 rings (SSSR count). The van der Waals surface area contributed by atoms with E-state index in [2.05, 4.69) is 0 Å². The Balaban J connectivity index is 2.37. The number of aliphatic hydroxyl groups is 1. The van der Waals surface area contributed by atoms with E-state index in [0.717, 1.165) is 12.8 Å². The molecule has 80 valence electrons. The predicted octanol–water partition coefficient (Wildman–Crippen LogP) is 0.637. The SMILES string of the molecule is CC12CCC(C)(O1)C(C(=O)O)C2CO. The molecule has 0 aromatic carbocycles. The maximum absolute atomic E-state index is 11.1.